The van der Waals surface area contributed by atoms with Crippen molar-refractivity contribution >= 4 is 18.3 Å². The van der Waals surface area contributed by atoms with Crippen molar-refractivity contribution < 1.29 is 18.0 Å². The Morgan fingerprint density at radius 1 is 1.31 bits per heavy atom. The second-order valence-electron chi connectivity index (χ2n) is 6.46. The van der Waals surface area contributed by atoms with E-state index < -0.39 is 23.1 Å². The van der Waals surface area contributed by atoms with E-state index in [1.807, 2.05) is 6.08 Å². The summed E-state index contributed by atoms with van der Waals surface area (Å²) < 4.78 is 40.1. The Morgan fingerprint density at radius 3 is 2.72 bits per heavy atom. The summed E-state index contributed by atoms with van der Waals surface area (Å²) in [6, 6.07) is 5.74. The molecule has 1 aliphatic rings. The van der Waals surface area contributed by atoms with Crippen LogP contribution in [0.1, 0.15) is 28.2 Å². The van der Waals surface area contributed by atoms with E-state index in [0.717, 1.165) is 41.9 Å². The summed E-state index contributed by atoms with van der Waals surface area (Å²) in [5.74, 6) is -0.662. The van der Waals surface area contributed by atoms with E-state index in [9.17, 15) is 22.8 Å². The second kappa shape index (κ2) is 9.23. The molecule has 0 spiro atoms. The molecule has 0 radical (unpaired) electrons. The maximum absolute atomic E-state index is 13.0. The van der Waals surface area contributed by atoms with E-state index in [4.69, 9.17) is 0 Å². The van der Waals surface area contributed by atoms with E-state index in [-0.39, 0.29) is 23.8 Å². The van der Waals surface area contributed by atoms with Crippen molar-refractivity contribution in [1.82, 2.24) is 20.4 Å². The molecule has 2 heterocycles. The average molecular weight is 429 g/mol. The van der Waals surface area contributed by atoms with Crippen LogP contribution >= 0.6 is 12.4 Å². The first-order valence-corrected chi connectivity index (χ1v) is 8.71. The topological polar surface area (TPSA) is 76.0 Å². The summed E-state index contributed by atoms with van der Waals surface area (Å²) in [4.78, 5) is 24.6. The van der Waals surface area contributed by atoms with Crippen LogP contribution in [0.3, 0.4) is 0 Å². The van der Waals surface area contributed by atoms with Gasteiger partial charge in [0.25, 0.3) is 5.91 Å². The Kier molecular flexibility index (Phi) is 7.21. The highest BCUT2D eigenvalue weighted by Crippen LogP contribution is 2.30. The smallest absolute Gasteiger partial charge is 0.347 e. The summed E-state index contributed by atoms with van der Waals surface area (Å²) in [7, 11) is 0. The van der Waals surface area contributed by atoms with Gasteiger partial charge in [-0.3, -0.25) is 9.59 Å². The van der Waals surface area contributed by atoms with Gasteiger partial charge in [-0.2, -0.15) is 18.3 Å². The third kappa shape index (κ3) is 5.45. The lowest BCUT2D eigenvalue weighted by Crippen LogP contribution is -2.34. The molecule has 1 aromatic carbocycles. The number of carbonyl (C=O) groups excluding carboxylic acids is 1. The number of nitrogens with zero attached hydrogens (tertiary/aromatic N) is 2. The van der Waals surface area contributed by atoms with Gasteiger partial charge in [0.05, 0.1) is 11.3 Å². The highest BCUT2D eigenvalue weighted by Gasteiger charge is 2.30. The number of carbonyl (C=O) groups is 1. The fourth-order valence-corrected chi connectivity index (χ4v) is 2.89. The minimum Gasteiger partial charge on any atom is -0.347 e. The van der Waals surface area contributed by atoms with Crippen LogP contribution in [-0.2, 0) is 6.18 Å². The molecule has 10 heteroatoms. The van der Waals surface area contributed by atoms with Gasteiger partial charge in [-0.05, 0) is 38.1 Å². The minimum atomic E-state index is -4.51. The minimum absolute atomic E-state index is 0. The van der Waals surface area contributed by atoms with Crippen LogP contribution in [0, 0.1) is 6.92 Å². The van der Waals surface area contributed by atoms with Gasteiger partial charge in [-0.15, -0.1) is 12.4 Å². The molecule has 1 aliphatic heterocycles. The maximum atomic E-state index is 13.0. The van der Waals surface area contributed by atoms with E-state index >= 15 is 0 Å². The zero-order valence-electron chi connectivity index (χ0n) is 15.5. The Labute approximate surface area is 171 Å². The van der Waals surface area contributed by atoms with Crippen molar-refractivity contribution in [3.05, 3.63) is 69.2 Å². The molecule has 0 unspecified atom stereocenters. The molecule has 1 aromatic heterocycles. The molecule has 0 fully saturated rings. The Hall–Kier alpha value is -2.65. The third-order valence-electron chi connectivity index (χ3n) is 4.37. The summed E-state index contributed by atoms with van der Waals surface area (Å²) in [6.07, 6.45) is -1.75. The van der Waals surface area contributed by atoms with Crippen molar-refractivity contribution in [1.29, 1.82) is 0 Å². The van der Waals surface area contributed by atoms with Gasteiger partial charge < -0.3 is 10.6 Å². The lowest BCUT2D eigenvalue weighted by Gasteiger charge is -2.15. The number of benzene rings is 1. The third-order valence-corrected chi connectivity index (χ3v) is 4.37. The Bertz CT molecular complexity index is 986. The summed E-state index contributed by atoms with van der Waals surface area (Å²) >= 11 is 0. The maximum Gasteiger partial charge on any atom is 0.416 e. The van der Waals surface area contributed by atoms with E-state index in [0.29, 0.717) is 12.2 Å². The molecule has 2 N–H and O–H groups in total. The van der Waals surface area contributed by atoms with Crippen LogP contribution in [-0.4, -0.2) is 35.3 Å². The molecule has 0 saturated heterocycles. The van der Waals surface area contributed by atoms with E-state index in [2.05, 4.69) is 15.7 Å². The molecule has 0 saturated carbocycles. The van der Waals surface area contributed by atoms with Crippen LogP contribution in [0.5, 0.6) is 0 Å². The second-order valence-corrected chi connectivity index (χ2v) is 6.46. The predicted molar refractivity (Wildman–Crippen MR) is 105 cm³/mol. The van der Waals surface area contributed by atoms with Crippen molar-refractivity contribution in [3.63, 3.8) is 0 Å². The van der Waals surface area contributed by atoms with Gasteiger partial charge in [0.1, 0.15) is 0 Å². The zero-order valence-corrected chi connectivity index (χ0v) is 16.4. The highest BCUT2D eigenvalue weighted by atomic mass is 35.5. The molecular formula is C19H20ClF3N4O2. The molecule has 3 rings (SSSR count). The fourth-order valence-electron chi connectivity index (χ4n) is 2.89. The molecular weight excluding hydrogens is 409 g/mol. The number of aromatic nitrogens is 2. The number of aryl methyl sites for hydroxylation is 1. The summed E-state index contributed by atoms with van der Waals surface area (Å²) in [5.41, 5.74) is -0.314. The number of halogens is 4. The van der Waals surface area contributed by atoms with Crippen molar-refractivity contribution in [2.45, 2.75) is 19.5 Å². The van der Waals surface area contributed by atoms with Gasteiger partial charge in [-0.25, -0.2) is 4.68 Å². The van der Waals surface area contributed by atoms with Gasteiger partial charge in [0.2, 0.25) is 5.43 Å². The predicted octanol–water partition coefficient (Wildman–Crippen LogP) is 2.63. The van der Waals surface area contributed by atoms with Crippen molar-refractivity contribution in [2.75, 3.05) is 19.6 Å². The molecule has 29 heavy (non-hydrogen) atoms. The summed E-state index contributed by atoms with van der Waals surface area (Å²) in [6.45, 7) is 3.36. The van der Waals surface area contributed by atoms with Crippen LogP contribution in [0.4, 0.5) is 13.2 Å². The summed E-state index contributed by atoms with van der Waals surface area (Å²) in [5, 5.41) is 9.83. The average Bonchev–Trinajstić information content (AvgIpc) is 2.66. The van der Waals surface area contributed by atoms with Gasteiger partial charge in [-0.1, -0.05) is 17.7 Å². The molecule has 0 atom stereocenters. The number of rotatable bonds is 4. The van der Waals surface area contributed by atoms with Crippen LogP contribution in [0.2, 0.25) is 0 Å². The van der Waals surface area contributed by atoms with E-state index in [1.54, 1.807) is 0 Å². The number of nitrogens with one attached hydrogen (secondary N) is 2. The molecule has 156 valence electrons. The molecule has 2 aromatic rings. The fraction of sp³-hybridized carbons (Fsp3) is 0.316. The first-order chi connectivity index (χ1) is 13.3. The Morgan fingerprint density at radius 2 is 2.07 bits per heavy atom. The zero-order chi connectivity index (χ0) is 20.3. The van der Waals surface area contributed by atoms with Gasteiger partial charge in [0.15, 0.2) is 5.69 Å². The first-order valence-electron chi connectivity index (χ1n) is 8.71. The standard InChI is InChI=1S/C19H19F3N4O2.ClH/c1-12-9-16(27)17(18(28)24-11-13-5-7-23-8-6-13)25-26(12)15-4-2-3-14(10-15)19(20,21)22;/h2-5,9-10,23H,6-8,11H2,1H3,(H,24,28);1H. The largest absolute Gasteiger partial charge is 0.416 e. The quantitative estimate of drug-likeness (QED) is 0.734. The van der Waals surface area contributed by atoms with Gasteiger partial charge >= 0.3 is 6.18 Å². The first kappa shape index (κ1) is 22.6. The molecule has 1 amide bonds. The number of amides is 1. The lowest BCUT2D eigenvalue weighted by molar-refractivity contribution is -0.137. The SMILES string of the molecule is Cc1cc(=O)c(C(=O)NCC2=CCNCC2)nn1-c1cccc(C(F)(F)F)c1.Cl. The monoisotopic (exact) mass is 428 g/mol. The number of hydrogen-bond donors (Lipinski definition) is 2. The van der Waals surface area contributed by atoms with E-state index in [1.165, 1.54) is 25.1 Å². The Balaban J connectivity index is 0.00000300. The molecule has 0 aliphatic carbocycles. The molecule has 0 bridgehead atoms. The lowest BCUT2D eigenvalue weighted by atomic mass is 10.1. The van der Waals surface area contributed by atoms with Crippen molar-refractivity contribution in [2.24, 2.45) is 0 Å². The van der Waals surface area contributed by atoms with Crippen molar-refractivity contribution in [3.8, 4) is 5.69 Å². The highest BCUT2D eigenvalue weighted by molar-refractivity contribution is 5.92. The van der Waals surface area contributed by atoms with Crippen LogP contribution in [0.15, 0.2) is 46.8 Å². The van der Waals surface area contributed by atoms with Crippen LogP contribution < -0.4 is 16.1 Å². The van der Waals surface area contributed by atoms with Gasteiger partial charge in [0, 0.05) is 24.8 Å². The van der Waals surface area contributed by atoms with Crippen LogP contribution in [0.25, 0.3) is 5.69 Å². The molecule has 6 nitrogen and oxygen atoms in total. The normalized spacial score (nSPS) is 14.0. The number of hydrogen-bond acceptors (Lipinski definition) is 4. The number of alkyl halides is 3.